The van der Waals surface area contributed by atoms with Crippen LogP contribution in [0.2, 0.25) is 0 Å². The first kappa shape index (κ1) is 23.4. The lowest BCUT2D eigenvalue weighted by molar-refractivity contribution is -0.159. The van der Waals surface area contributed by atoms with Crippen LogP contribution < -0.4 is 10.1 Å². The molecule has 0 radical (unpaired) electrons. The number of rotatable bonds is 4. The van der Waals surface area contributed by atoms with Crippen LogP contribution in [-0.4, -0.2) is 58.7 Å². The lowest BCUT2D eigenvalue weighted by Crippen LogP contribution is -2.46. The van der Waals surface area contributed by atoms with E-state index in [1.807, 2.05) is 32.9 Å². The number of carboxylic acid groups (broad SMARTS) is 2. The molecule has 3 N–H and O–H groups in total. The Kier molecular flexibility index (Phi) is 8.91. The number of nitrogens with zero attached hydrogens (tertiary/aromatic N) is 1. The maximum Gasteiger partial charge on any atom is 0.414 e. The Bertz CT molecular complexity index is 646. The van der Waals surface area contributed by atoms with E-state index in [1.165, 1.54) is 5.56 Å². The van der Waals surface area contributed by atoms with Gasteiger partial charge < -0.3 is 20.3 Å². The molecule has 0 aromatic heterocycles. The molecule has 0 bridgehead atoms. The van der Waals surface area contributed by atoms with Gasteiger partial charge in [0.25, 0.3) is 0 Å². The maximum absolute atomic E-state index is 12.2. The molecule has 0 aliphatic carbocycles. The Morgan fingerprint density at radius 2 is 1.57 bits per heavy atom. The highest BCUT2D eigenvalue weighted by molar-refractivity contribution is 6.27. The number of nitrogens with one attached hydrogen (secondary N) is 1. The molecule has 2 rings (SSSR count). The number of carbonyl (C=O) groups excluding carboxylic acids is 1. The molecule has 28 heavy (non-hydrogen) atoms. The highest BCUT2D eigenvalue weighted by Gasteiger charge is 2.27. The number of methoxy groups -OCH3 is 1. The summed E-state index contributed by atoms with van der Waals surface area (Å²) in [6.07, 6.45) is 1.89. The third kappa shape index (κ3) is 8.85. The van der Waals surface area contributed by atoms with E-state index in [9.17, 15) is 4.79 Å². The van der Waals surface area contributed by atoms with Crippen molar-refractivity contribution in [2.45, 2.75) is 45.7 Å². The number of benzene rings is 1. The second-order valence-electron chi connectivity index (χ2n) is 7.75. The normalized spacial score (nSPS) is 15.1. The van der Waals surface area contributed by atoms with E-state index in [-0.39, 0.29) is 17.4 Å². The van der Waals surface area contributed by atoms with Gasteiger partial charge in [0, 0.05) is 18.0 Å². The van der Waals surface area contributed by atoms with Crippen molar-refractivity contribution < 1.29 is 29.3 Å². The average molecular weight is 394 g/mol. The van der Waals surface area contributed by atoms with E-state index in [4.69, 9.17) is 24.5 Å². The number of hydrogen-bond acceptors (Lipinski definition) is 5. The van der Waals surface area contributed by atoms with Crippen molar-refractivity contribution >= 4 is 17.8 Å². The number of hydrogen-bond donors (Lipinski definition) is 3. The predicted octanol–water partition coefficient (Wildman–Crippen LogP) is 1.98. The Labute approximate surface area is 165 Å². The molecule has 1 heterocycles. The van der Waals surface area contributed by atoms with Crippen molar-refractivity contribution in [1.82, 2.24) is 10.2 Å². The molecule has 8 nitrogen and oxygen atoms in total. The lowest BCUT2D eigenvalue weighted by Gasteiger charge is -2.33. The van der Waals surface area contributed by atoms with Crippen LogP contribution in [0.4, 0.5) is 0 Å². The van der Waals surface area contributed by atoms with Gasteiger partial charge in [-0.1, -0.05) is 12.1 Å². The molecule has 8 heteroatoms. The molecule has 0 spiro atoms. The van der Waals surface area contributed by atoms with E-state index in [2.05, 4.69) is 22.3 Å². The standard InChI is InChI=1S/C18H28N2O2.C2H2O4/c1-18(2,3)19-17(21)15-9-11-20(12-10-15)13-14-5-7-16(22-4)8-6-14;3-1(4)2(5)6/h5-8,15H,9-13H2,1-4H3,(H,19,21);(H,3,4)(H,5,6). The SMILES string of the molecule is COc1ccc(CN2CCC(C(=O)NC(C)(C)C)CC2)cc1.O=C(O)C(=O)O. The van der Waals surface area contributed by atoms with Gasteiger partial charge in [-0.25, -0.2) is 9.59 Å². The van der Waals surface area contributed by atoms with Crippen LogP contribution in [0.1, 0.15) is 39.2 Å². The summed E-state index contributed by atoms with van der Waals surface area (Å²) in [5.41, 5.74) is 1.15. The Morgan fingerprint density at radius 3 is 1.96 bits per heavy atom. The van der Waals surface area contributed by atoms with E-state index >= 15 is 0 Å². The molecule has 1 amide bonds. The summed E-state index contributed by atoms with van der Waals surface area (Å²) >= 11 is 0. The summed E-state index contributed by atoms with van der Waals surface area (Å²) in [7, 11) is 1.68. The molecule has 1 aliphatic heterocycles. The minimum Gasteiger partial charge on any atom is -0.497 e. The smallest absolute Gasteiger partial charge is 0.414 e. The molecular weight excluding hydrogens is 364 g/mol. The minimum atomic E-state index is -1.82. The monoisotopic (exact) mass is 394 g/mol. The Balaban J connectivity index is 0.000000568. The van der Waals surface area contributed by atoms with Gasteiger partial charge >= 0.3 is 11.9 Å². The second kappa shape index (κ2) is 10.7. The van der Waals surface area contributed by atoms with Crippen molar-refractivity contribution in [3.63, 3.8) is 0 Å². The fourth-order valence-electron chi connectivity index (χ4n) is 2.81. The number of likely N-dealkylation sites (tertiary alicyclic amines) is 1. The molecule has 0 unspecified atom stereocenters. The Hall–Kier alpha value is -2.61. The van der Waals surface area contributed by atoms with Crippen LogP contribution in [0.15, 0.2) is 24.3 Å². The van der Waals surface area contributed by atoms with Gasteiger partial charge in [-0.15, -0.1) is 0 Å². The number of carbonyl (C=O) groups is 3. The van der Waals surface area contributed by atoms with Crippen LogP contribution in [0, 0.1) is 5.92 Å². The molecule has 1 aromatic rings. The lowest BCUT2D eigenvalue weighted by atomic mass is 9.94. The number of aliphatic carboxylic acids is 2. The molecule has 1 aromatic carbocycles. The first-order chi connectivity index (χ1) is 13.0. The van der Waals surface area contributed by atoms with Gasteiger partial charge in [0.1, 0.15) is 5.75 Å². The van der Waals surface area contributed by atoms with Gasteiger partial charge in [0.15, 0.2) is 0 Å². The van der Waals surface area contributed by atoms with Gasteiger partial charge in [0.2, 0.25) is 5.91 Å². The first-order valence-electron chi connectivity index (χ1n) is 9.15. The summed E-state index contributed by atoms with van der Waals surface area (Å²) in [5.74, 6) is -2.39. The van der Waals surface area contributed by atoms with Crippen LogP contribution in [0.5, 0.6) is 5.75 Å². The zero-order chi connectivity index (χ0) is 21.3. The van der Waals surface area contributed by atoms with Crippen LogP contribution >= 0.6 is 0 Å². The molecule has 1 saturated heterocycles. The fourth-order valence-corrected chi connectivity index (χ4v) is 2.81. The molecular formula is C20H30N2O6. The van der Waals surface area contributed by atoms with Gasteiger partial charge in [-0.2, -0.15) is 0 Å². The zero-order valence-corrected chi connectivity index (χ0v) is 16.9. The van der Waals surface area contributed by atoms with Crippen molar-refractivity contribution in [3.8, 4) is 5.75 Å². The number of carboxylic acids is 2. The summed E-state index contributed by atoms with van der Waals surface area (Å²) in [6, 6.07) is 8.21. The van der Waals surface area contributed by atoms with Gasteiger partial charge in [-0.3, -0.25) is 9.69 Å². The highest BCUT2D eigenvalue weighted by atomic mass is 16.5. The van der Waals surface area contributed by atoms with Gasteiger partial charge in [0.05, 0.1) is 7.11 Å². The van der Waals surface area contributed by atoms with Crippen molar-refractivity contribution in [3.05, 3.63) is 29.8 Å². The second-order valence-corrected chi connectivity index (χ2v) is 7.75. The topological polar surface area (TPSA) is 116 Å². The predicted molar refractivity (Wildman–Crippen MR) is 104 cm³/mol. The molecule has 156 valence electrons. The summed E-state index contributed by atoms with van der Waals surface area (Å²) in [5, 5.41) is 17.9. The van der Waals surface area contributed by atoms with Crippen molar-refractivity contribution in [2.24, 2.45) is 5.92 Å². The van der Waals surface area contributed by atoms with Crippen molar-refractivity contribution in [2.75, 3.05) is 20.2 Å². The average Bonchev–Trinajstić information content (AvgIpc) is 2.62. The van der Waals surface area contributed by atoms with Crippen LogP contribution in [-0.2, 0) is 20.9 Å². The van der Waals surface area contributed by atoms with Crippen LogP contribution in [0.3, 0.4) is 0 Å². The van der Waals surface area contributed by atoms with E-state index in [1.54, 1.807) is 7.11 Å². The number of amides is 1. The maximum atomic E-state index is 12.2. The highest BCUT2D eigenvalue weighted by Crippen LogP contribution is 2.21. The summed E-state index contributed by atoms with van der Waals surface area (Å²) in [6.45, 7) is 9.00. The quantitative estimate of drug-likeness (QED) is 0.669. The van der Waals surface area contributed by atoms with E-state index in [0.717, 1.165) is 38.2 Å². The Morgan fingerprint density at radius 1 is 1.07 bits per heavy atom. The minimum absolute atomic E-state index is 0.142. The van der Waals surface area contributed by atoms with Crippen LogP contribution in [0.25, 0.3) is 0 Å². The fraction of sp³-hybridized carbons (Fsp3) is 0.550. The third-order valence-electron chi connectivity index (χ3n) is 4.20. The summed E-state index contributed by atoms with van der Waals surface area (Å²) in [4.78, 5) is 32.8. The first-order valence-corrected chi connectivity index (χ1v) is 9.15. The number of piperidine rings is 1. The molecule has 0 saturated carbocycles. The van der Waals surface area contributed by atoms with E-state index in [0.29, 0.717) is 0 Å². The molecule has 1 fully saturated rings. The van der Waals surface area contributed by atoms with Gasteiger partial charge in [-0.05, 0) is 64.4 Å². The molecule has 0 atom stereocenters. The summed E-state index contributed by atoms with van der Waals surface area (Å²) < 4.78 is 5.18. The third-order valence-corrected chi connectivity index (χ3v) is 4.20. The largest absolute Gasteiger partial charge is 0.497 e. The van der Waals surface area contributed by atoms with E-state index < -0.39 is 11.9 Å². The van der Waals surface area contributed by atoms with Crippen molar-refractivity contribution in [1.29, 1.82) is 0 Å². The zero-order valence-electron chi connectivity index (χ0n) is 16.9. The number of ether oxygens (including phenoxy) is 1. The molecule has 1 aliphatic rings.